The molecule has 0 fully saturated rings. The molecule has 1 unspecified atom stereocenters. The Morgan fingerprint density at radius 2 is 1.66 bits per heavy atom. The molecule has 0 saturated carbocycles. The second-order valence-electron chi connectivity index (χ2n) is 11.5. The van der Waals surface area contributed by atoms with Crippen molar-refractivity contribution >= 4 is 22.1 Å². The van der Waals surface area contributed by atoms with Gasteiger partial charge in [-0.2, -0.15) is 18.3 Å². The molecule has 18 heteroatoms. The van der Waals surface area contributed by atoms with Gasteiger partial charge in [-0.05, 0) is 71.9 Å². The molecule has 0 spiro atoms. The van der Waals surface area contributed by atoms with Gasteiger partial charge in [0.2, 0.25) is 5.28 Å². The van der Waals surface area contributed by atoms with Crippen molar-refractivity contribution in [3.05, 3.63) is 71.1 Å². The van der Waals surface area contributed by atoms with Crippen molar-refractivity contribution in [2.75, 3.05) is 6.54 Å². The van der Waals surface area contributed by atoms with Crippen molar-refractivity contribution in [3.63, 3.8) is 0 Å². The van der Waals surface area contributed by atoms with E-state index in [1.165, 1.54) is 32.9 Å². The lowest BCUT2D eigenvalue weighted by molar-refractivity contribution is -0.717. The molecule has 47 heavy (non-hydrogen) atoms. The lowest BCUT2D eigenvalue weighted by Crippen LogP contribution is -2.45. The number of sulfonamides is 1. The van der Waals surface area contributed by atoms with E-state index in [0.717, 1.165) is 33.5 Å². The standard InChI is InChI=1S/C29H35F3N6O8S/c1-18(2)36(38(41)35-46-20(4)44-27(40)45-28(5,6)7)17-26(39)34-47(42,43)23-14-12-22(13-15-23)37-24(16-25(33-37)29(30,31)32)21-10-8-19(3)9-11-21/h8-16,18,20H,17H2,1-7H3,(H,34,39)/b38-35-. The van der Waals surface area contributed by atoms with E-state index in [2.05, 4.69) is 10.4 Å². The normalized spacial score (nSPS) is 13.2. The second kappa shape index (κ2) is 14.3. The fourth-order valence-corrected chi connectivity index (χ4v) is 4.80. The summed E-state index contributed by atoms with van der Waals surface area (Å²) >= 11 is 0. The molecule has 0 radical (unpaired) electrons. The first-order chi connectivity index (χ1) is 21.7. The van der Waals surface area contributed by atoms with Crippen molar-refractivity contribution in [2.45, 2.75) is 77.5 Å². The Balaban J connectivity index is 1.74. The number of nitrogens with zero attached hydrogens (tertiary/aromatic N) is 5. The predicted molar refractivity (Wildman–Crippen MR) is 160 cm³/mol. The highest BCUT2D eigenvalue weighted by molar-refractivity contribution is 7.90. The molecule has 1 N–H and O–H groups in total. The highest BCUT2D eigenvalue weighted by Crippen LogP contribution is 2.33. The lowest BCUT2D eigenvalue weighted by Gasteiger charge is -2.22. The van der Waals surface area contributed by atoms with Crippen molar-refractivity contribution < 1.29 is 50.5 Å². The summed E-state index contributed by atoms with van der Waals surface area (Å²) in [6.45, 7) is 10.2. The molecule has 1 aromatic heterocycles. The number of benzene rings is 2. The van der Waals surface area contributed by atoms with Crippen molar-refractivity contribution in [1.29, 1.82) is 0 Å². The molecule has 256 valence electrons. The van der Waals surface area contributed by atoms with Gasteiger partial charge in [-0.15, -0.1) is 5.01 Å². The van der Waals surface area contributed by atoms with Crippen LogP contribution in [0.1, 0.15) is 52.8 Å². The maximum atomic E-state index is 13.5. The number of carbonyl (C=O) groups is 2. The van der Waals surface area contributed by atoms with E-state index in [0.29, 0.717) is 5.56 Å². The number of aryl methyl sites for hydroxylation is 1. The Morgan fingerprint density at radius 1 is 1.06 bits per heavy atom. The number of nitrogens with one attached hydrogen (secondary N) is 1. The van der Waals surface area contributed by atoms with Crippen LogP contribution in [0.3, 0.4) is 0 Å². The Morgan fingerprint density at radius 3 is 2.19 bits per heavy atom. The summed E-state index contributed by atoms with van der Waals surface area (Å²) in [5, 5.41) is 20.3. The highest BCUT2D eigenvalue weighted by Gasteiger charge is 2.35. The van der Waals surface area contributed by atoms with Crippen molar-refractivity contribution in [3.8, 4) is 16.9 Å². The average molecular weight is 685 g/mol. The van der Waals surface area contributed by atoms with Gasteiger partial charge in [-0.3, -0.25) is 9.63 Å². The number of halogens is 3. The van der Waals surface area contributed by atoms with Gasteiger partial charge in [-0.25, -0.2) is 22.6 Å². The molecule has 3 rings (SSSR count). The summed E-state index contributed by atoms with van der Waals surface area (Å²) in [5.74, 6) is -1.11. The summed E-state index contributed by atoms with van der Waals surface area (Å²) < 4.78 is 79.2. The lowest BCUT2D eigenvalue weighted by atomic mass is 10.1. The zero-order valence-electron chi connectivity index (χ0n) is 26.6. The summed E-state index contributed by atoms with van der Waals surface area (Å²) in [7, 11) is -4.48. The molecule has 3 aromatic rings. The number of alkyl halides is 3. The molecule has 1 atom stereocenters. The van der Waals surface area contributed by atoms with Crippen LogP contribution < -0.4 is 4.72 Å². The third kappa shape index (κ3) is 10.3. The van der Waals surface area contributed by atoms with Gasteiger partial charge in [-0.1, -0.05) is 29.8 Å². The third-order valence-electron chi connectivity index (χ3n) is 6.03. The Labute approximate surface area is 269 Å². The number of hydrazine groups is 1. The van der Waals surface area contributed by atoms with Crippen LogP contribution in [0, 0.1) is 12.1 Å². The first-order valence-electron chi connectivity index (χ1n) is 14.1. The van der Waals surface area contributed by atoms with Crippen molar-refractivity contribution in [2.24, 2.45) is 5.28 Å². The zero-order valence-corrected chi connectivity index (χ0v) is 27.4. The van der Waals surface area contributed by atoms with E-state index in [9.17, 15) is 36.4 Å². The van der Waals surface area contributed by atoms with Crippen LogP contribution in [0.15, 0.2) is 64.8 Å². The van der Waals surface area contributed by atoms with E-state index in [4.69, 9.17) is 14.3 Å². The summed E-state index contributed by atoms with van der Waals surface area (Å²) in [6.07, 6.45) is -7.14. The summed E-state index contributed by atoms with van der Waals surface area (Å²) in [5.41, 5.74) is -0.380. The van der Waals surface area contributed by atoms with E-state index in [1.54, 1.807) is 45.0 Å². The van der Waals surface area contributed by atoms with Gasteiger partial charge in [0, 0.05) is 12.5 Å². The van der Waals surface area contributed by atoms with Crippen LogP contribution in [0.25, 0.3) is 16.9 Å². The molecule has 0 aliphatic carbocycles. The van der Waals surface area contributed by atoms with Gasteiger partial charge in [0.05, 0.1) is 27.3 Å². The number of aromatic nitrogens is 2. The molecule has 0 bridgehead atoms. The molecular weight excluding hydrogens is 649 g/mol. The van der Waals surface area contributed by atoms with Gasteiger partial charge < -0.3 is 14.7 Å². The van der Waals surface area contributed by atoms with Crippen LogP contribution >= 0.6 is 0 Å². The molecule has 2 aromatic carbocycles. The van der Waals surface area contributed by atoms with Crippen LogP contribution in [-0.2, 0) is 35.3 Å². The van der Waals surface area contributed by atoms with Gasteiger partial charge in [0.15, 0.2) is 12.2 Å². The quantitative estimate of drug-likeness (QED) is 0.0897. The second-order valence-corrected chi connectivity index (χ2v) is 13.2. The SMILES string of the molecule is Cc1ccc(-c2cc(C(F)(F)F)nn2-c2ccc(S(=O)(=O)NC(=O)CN(C(C)C)/[N+]([O-])=N/OC(C)OC(=O)OC(C)(C)C)cc2)cc1. The first-order valence-corrected chi connectivity index (χ1v) is 15.5. The average Bonchev–Trinajstić information content (AvgIpc) is 3.40. The largest absolute Gasteiger partial charge is 0.569 e. The van der Waals surface area contributed by atoms with E-state index in [-0.39, 0.29) is 21.2 Å². The molecule has 0 aliphatic rings. The molecule has 1 heterocycles. The Bertz CT molecular complexity index is 1700. The molecular formula is C29H35F3N6O8S. The topological polar surface area (TPSA) is 167 Å². The van der Waals surface area contributed by atoms with Crippen LogP contribution in [0.5, 0.6) is 0 Å². The summed E-state index contributed by atoms with van der Waals surface area (Å²) in [4.78, 5) is 28.8. The van der Waals surface area contributed by atoms with Crippen LogP contribution in [0.4, 0.5) is 18.0 Å². The monoisotopic (exact) mass is 684 g/mol. The van der Waals surface area contributed by atoms with Gasteiger partial charge >= 0.3 is 12.3 Å². The molecule has 0 saturated heterocycles. The minimum atomic E-state index is -4.73. The van der Waals surface area contributed by atoms with Crippen LogP contribution in [-0.4, -0.2) is 64.7 Å². The molecule has 0 aliphatic heterocycles. The molecule has 1 amide bonds. The van der Waals surface area contributed by atoms with E-state index in [1.807, 2.05) is 11.6 Å². The number of ether oxygens (including phenoxy) is 2. The maximum Gasteiger partial charge on any atom is 0.511 e. The number of carbonyl (C=O) groups excluding carboxylic acids is 2. The number of hydrogen-bond donors (Lipinski definition) is 1. The predicted octanol–water partition coefficient (Wildman–Crippen LogP) is 5.49. The highest BCUT2D eigenvalue weighted by atomic mass is 32.2. The Hall–Kier alpha value is -4.87. The number of amides is 1. The smallest absolute Gasteiger partial charge is 0.511 e. The van der Waals surface area contributed by atoms with E-state index >= 15 is 0 Å². The fraction of sp³-hybridized carbons (Fsp3) is 0.414. The van der Waals surface area contributed by atoms with Gasteiger partial charge in [0.25, 0.3) is 22.2 Å². The Kier molecular flexibility index (Phi) is 11.1. The van der Waals surface area contributed by atoms with E-state index < -0.39 is 58.4 Å². The maximum absolute atomic E-state index is 13.5. The summed E-state index contributed by atoms with van der Waals surface area (Å²) in [6, 6.07) is 11.6. The zero-order chi connectivity index (χ0) is 35.3. The minimum Gasteiger partial charge on any atom is -0.569 e. The fourth-order valence-electron chi connectivity index (χ4n) is 3.83. The van der Waals surface area contributed by atoms with Gasteiger partial charge in [0.1, 0.15) is 5.60 Å². The first kappa shape index (κ1) is 36.6. The third-order valence-corrected chi connectivity index (χ3v) is 7.41. The number of hydrogen-bond acceptors (Lipinski definition) is 10. The molecule has 14 nitrogen and oxygen atoms in total. The van der Waals surface area contributed by atoms with Crippen LogP contribution in [0.2, 0.25) is 0 Å². The number of rotatable bonds is 11. The van der Waals surface area contributed by atoms with Crippen molar-refractivity contribution in [1.82, 2.24) is 19.5 Å². The minimum absolute atomic E-state index is 0.106.